The summed E-state index contributed by atoms with van der Waals surface area (Å²) in [5, 5.41) is 9.59. The zero-order chi connectivity index (χ0) is 16.3. The predicted molar refractivity (Wildman–Crippen MR) is 91.3 cm³/mol. The molecule has 0 amide bonds. The quantitative estimate of drug-likeness (QED) is 0.438. The monoisotopic (exact) mass is 433 g/mol. The van der Waals surface area contributed by atoms with Crippen LogP contribution in [0.5, 0.6) is 0 Å². The van der Waals surface area contributed by atoms with Crippen molar-refractivity contribution in [2.75, 3.05) is 6.54 Å². The molecule has 1 heterocycles. The van der Waals surface area contributed by atoms with Crippen molar-refractivity contribution in [2.24, 2.45) is 12.0 Å². The number of aryl methyl sites for hydroxylation is 1. The van der Waals surface area contributed by atoms with Gasteiger partial charge in [-0.2, -0.15) is 18.3 Å². The Morgan fingerprint density at radius 3 is 2.36 bits per heavy atom. The predicted octanol–water partition coefficient (Wildman–Crippen LogP) is 2.91. The molecule has 0 saturated carbocycles. The van der Waals surface area contributed by atoms with Crippen molar-refractivity contribution in [1.29, 1.82) is 0 Å². The molecule has 0 atom stereocenters. The summed E-state index contributed by atoms with van der Waals surface area (Å²) in [5.74, 6) is 0.474. The van der Waals surface area contributed by atoms with Gasteiger partial charge in [-0.1, -0.05) is 0 Å². The molecule has 0 unspecified atom stereocenters. The SMILES string of the molecule is CCNC(=NCc1cn(C)nc1C(F)(F)F)NC(C)(C)C.I. The van der Waals surface area contributed by atoms with Crippen LogP contribution in [0.15, 0.2) is 11.2 Å². The summed E-state index contributed by atoms with van der Waals surface area (Å²) < 4.78 is 39.7. The van der Waals surface area contributed by atoms with Crippen molar-refractivity contribution in [3.05, 3.63) is 17.5 Å². The van der Waals surface area contributed by atoms with Gasteiger partial charge in [-0.25, -0.2) is 4.99 Å². The van der Waals surface area contributed by atoms with E-state index in [1.54, 1.807) is 0 Å². The largest absolute Gasteiger partial charge is 0.435 e. The molecule has 0 radical (unpaired) electrons. The third-order valence-electron chi connectivity index (χ3n) is 2.42. The van der Waals surface area contributed by atoms with Crippen LogP contribution < -0.4 is 10.6 Å². The van der Waals surface area contributed by atoms with Crippen LogP contribution in [0.25, 0.3) is 0 Å². The molecule has 0 aliphatic heterocycles. The number of halogens is 4. The number of aliphatic imine (C=N–C) groups is 1. The Balaban J connectivity index is 0.00000441. The Labute approximate surface area is 145 Å². The van der Waals surface area contributed by atoms with Crippen molar-refractivity contribution in [3.8, 4) is 0 Å². The fourth-order valence-corrected chi connectivity index (χ4v) is 1.72. The smallest absolute Gasteiger partial charge is 0.357 e. The molecule has 0 aliphatic carbocycles. The van der Waals surface area contributed by atoms with E-state index < -0.39 is 11.9 Å². The Morgan fingerprint density at radius 1 is 1.32 bits per heavy atom. The van der Waals surface area contributed by atoms with Crippen LogP contribution in [0.2, 0.25) is 0 Å². The Hall–Kier alpha value is -1.00. The standard InChI is InChI=1S/C13H22F3N5.HI/c1-6-17-11(19-12(2,3)4)18-7-9-8-21(5)20-10(9)13(14,15)16;/h8H,6-7H2,1-5H3,(H2,17,18,19);1H. The van der Waals surface area contributed by atoms with Crippen LogP contribution in [0.1, 0.15) is 39.0 Å². The fraction of sp³-hybridized carbons (Fsp3) is 0.692. The van der Waals surface area contributed by atoms with Crippen molar-refractivity contribution in [2.45, 2.75) is 46.0 Å². The lowest BCUT2D eigenvalue weighted by Gasteiger charge is -2.23. The topological polar surface area (TPSA) is 54.2 Å². The molecular weight excluding hydrogens is 410 g/mol. The lowest BCUT2D eigenvalue weighted by atomic mass is 10.1. The van der Waals surface area contributed by atoms with Gasteiger partial charge in [0.2, 0.25) is 0 Å². The highest BCUT2D eigenvalue weighted by Gasteiger charge is 2.36. The minimum absolute atomic E-state index is 0. The van der Waals surface area contributed by atoms with Gasteiger partial charge in [-0.05, 0) is 27.7 Å². The van der Waals surface area contributed by atoms with Crippen molar-refractivity contribution < 1.29 is 13.2 Å². The van der Waals surface area contributed by atoms with Gasteiger partial charge in [0, 0.05) is 30.9 Å². The molecule has 1 aromatic rings. The lowest BCUT2D eigenvalue weighted by molar-refractivity contribution is -0.142. The molecule has 1 rings (SSSR count). The summed E-state index contributed by atoms with van der Waals surface area (Å²) in [7, 11) is 1.46. The number of nitrogens with one attached hydrogen (secondary N) is 2. The van der Waals surface area contributed by atoms with Crippen LogP contribution >= 0.6 is 24.0 Å². The molecular formula is C13H23F3IN5. The molecule has 128 valence electrons. The van der Waals surface area contributed by atoms with Crippen molar-refractivity contribution in [1.82, 2.24) is 20.4 Å². The maximum Gasteiger partial charge on any atom is 0.435 e. The molecule has 0 fully saturated rings. The van der Waals surface area contributed by atoms with E-state index in [1.807, 2.05) is 27.7 Å². The summed E-state index contributed by atoms with van der Waals surface area (Å²) in [6.07, 6.45) is -3.13. The number of hydrogen-bond donors (Lipinski definition) is 2. The van der Waals surface area contributed by atoms with Crippen LogP contribution in [0.4, 0.5) is 13.2 Å². The van der Waals surface area contributed by atoms with Crippen molar-refractivity contribution in [3.63, 3.8) is 0 Å². The van der Waals surface area contributed by atoms with Gasteiger partial charge in [0.1, 0.15) is 0 Å². The summed E-state index contributed by atoms with van der Waals surface area (Å²) in [4.78, 5) is 4.20. The summed E-state index contributed by atoms with van der Waals surface area (Å²) >= 11 is 0. The van der Waals surface area contributed by atoms with E-state index >= 15 is 0 Å². The van der Waals surface area contributed by atoms with Gasteiger partial charge in [-0.3, -0.25) is 4.68 Å². The highest BCUT2D eigenvalue weighted by atomic mass is 127. The van der Waals surface area contributed by atoms with Gasteiger partial charge in [-0.15, -0.1) is 24.0 Å². The first kappa shape index (κ1) is 21.0. The molecule has 9 heteroatoms. The number of aromatic nitrogens is 2. The number of rotatable bonds is 3. The van der Waals surface area contributed by atoms with Crippen LogP contribution in [-0.2, 0) is 19.8 Å². The van der Waals surface area contributed by atoms with Gasteiger partial charge in [0.15, 0.2) is 11.7 Å². The second-order valence-corrected chi connectivity index (χ2v) is 5.74. The summed E-state index contributed by atoms with van der Waals surface area (Å²) in [6.45, 7) is 8.28. The molecule has 0 spiro atoms. The molecule has 0 saturated heterocycles. The van der Waals surface area contributed by atoms with Crippen LogP contribution in [0.3, 0.4) is 0 Å². The number of alkyl halides is 3. The number of nitrogens with zero attached hydrogens (tertiary/aromatic N) is 3. The first-order chi connectivity index (χ1) is 9.53. The highest BCUT2D eigenvalue weighted by Crippen LogP contribution is 2.30. The van der Waals surface area contributed by atoms with E-state index in [1.165, 1.54) is 13.2 Å². The average Bonchev–Trinajstić information content (AvgIpc) is 2.65. The maximum atomic E-state index is 12.8. The van der Waals surface area contributed by atoms with Gasteiger partial charge >= 0.3 is 6.18 Å². The van der Waals surface area contributed by atoms with E-state index in [0.29, 0.717) is 12.5 Å². The van der Waals surface area contributed by atoms with Gasteiger partial charge in [0.05, 0.1) is 6.54 Å². The van der Waals surface area contributed by atoms with Crippen molar-refractivity contribution >= 4 is 29.9 Å². The molecule has 0 aromatic carbocycles. The second-order valence-electron chi connectivity index (χ2n) is 5.74. The summed E-state index contributed by atoms with van der Waals surface area (Å²) in [5.41, 5.74) is -1.07. The minimum atomic E-state index is -4.47. The fourth-order valence-electron chi connectivity index (χ4n) is 1.72. The van der Waals surface area contributed by atoms with E-state index in [9.17, 15) is 13.2 Å². The Kier molecular flexibility index (Phi) is 7.66. The second kappa shape index (κ2) is 8.02. The zero-order valence-corrected chi connectivity index (χ0v) is 15.7. The zero-order valence-electron chi connectivity index (χ0n) is 13.4. The van der Waals surface area contributed by atoms with E-state index in [-0.39, 0.29) is 41.6 Å². The molecule has 2 N–H and O–H groups in total. The normalized spacial score (nSPS) is 12.8. The molecule has 5 nitrogen and oxygen atoms in total. The minimum Gasteiger partial charge on any atom is -0.357 e. The van der Waals surface area contributed by atoms with Gasteiger partial charge < -0.3 is 10.6 Å². The Bertz CT molecular complexity index is 503. The molecule has 22 heavy (non-hydrogen) atoms. The van der Waals surface area contributed by atoms with E-state index in [2.05, 4.69) is 20.7 Å². The third-order valence-corrected chi connectivity index (χ3v) is 2.42. The Morgan fingerprint density at radius 2 is 1.91 bits per heavy atom. The first-order valence-corrected chi connectivity index (χ1v) is 6.69. The maximum absolute atomic E-state index is 12.8. The number of hydrogen-bond acceptors (Lipinski definition) is 2. The average molecular weight is 433 g/mol. The number of guanidine groups is 1. The first-order valence-electron chi connectivity index (χ1n) is 6.69. The van der Waals surface area contributed by atoms with Crippen LogP contribution in [0, 0.1) is 0 Å². The van der Waals surface area contributed by atoms with Gasteiger partial charge in [0.25, 0.3) is 0 Å². The molecule has 0 bridgehead atoms. The van der Waals surface area contributed by atoms with E-state index in [4.69, 9.17) is 0 Å². The molecule has 1 aromatic heterocycles. The van der Waals surface area contributed by atoms with E-state index in [0.717, 1.165) is 4.68 Å². The lowest BCUT2D eigenvalue weighted by Crippen LogP contribution is -2.47. The third kappa shape index (κ3) is 6.84. The highest BCUT2D eigenvalue weighted by molar-refractivity contribution is 14.0. The van der Waals surface area contributed by atoms with Crippen LogP contribution in [-0.4, -0.2) is 27.8 Å². The molecule has 0 aliphatic rings. The summed E-state index contributed by atoms with van der Waals surface area (Å²) in [6, 6.07) is 0.